The van der Waals surface area contributed by atoms with Crippen LogP contribution < -0.4 is 10.6 Å². The molecule has 1 aromatic carbocycles. The second-order valence-corrected chi connectivity index (χ2v) is 5.29. The largest absolute Gasteiger partial charge is 0.456 e. The summed E-state index contributed by atoms with van der Waals surface area (Å²) in [6, 6.07) is 6.30. The second kappa shape index (κ2) is 8.03. The molecule has 0 atom stereocenters. The first kappa shape index (κ1) is 18.3. The number of hydrogen-bond acceptors (Lipinski definition) is 4. The quantitative estimate of drug-likeness (QED) is 0.821. The number of amides is 2. The van der Waals surface area contributed by atoms with Gasteiger partial charge in [0.05, 0.1) is 11.3 Å². The van der Waals surface area contributed by atoms with Crippen molar-refractivity contribution in [1.82, 2.24) is 10.2 Å². The van der Waals surface area contributed by atoms with Gasteiger partial charge in [-0.15, -0.1) is 12.4 Å². The van der Waals surface area contributed by atoms with Crippen LogP contribution in [-0.4, -0.2) is 44.1 Å². The molecule has 0 radical (unpaired) electrons. The first-order valence-corrected chi connectivity index (χ1v) is 6.71. The van der Waals surface area contributed by atoms with Gasteiger partial charge in [-0.05, 0) is 38.4 Å². The number of carbonyl (C=O) groups excluding carboxylic acids is 2. The average molecular weight is 346 g/mol. The topological polar surface area (TPSA) is 70.7 Å². The Labute approximate surface area is 139 Å². The van der Waals surface area contributed by atoms with Crippen LogP contribution in [-0.2, 0) is 9.53 Å². The van der Waals surface area contributed by atoms with E-state index >= 15 is 0 Å². The maximum absolute atomic E-state index is 11.9. The van der Waals surface area contributed by atoms with Crippen molar-refractivity contribution in [3.05, 3.63) is 40.6 Å². The SMILES string of the molecule is CN(C)CC1=C(NC(=O)Nc2ccc(Cl)cc2)COC1=O.Cl. The van der Waals surface area contributed by atoms with E-state index in [-0.39, 0.29) is 19.0 Å². The van der Waals surface area contributed by atoms with Crippen molar-refractivity contribution < 1.29 is 14.3 Å². The molecule has 22 heavy (non-hydrogen) atoms. The first-order chi connectivity index (χ1) is 9.95. The predicted octanol–water partition coefficient (Wildman–Crippen LogP) is 2.26. The van der Waals surface area contributed by atoms with Gasteiger partial charge in [-0.3, -0.25) is 0 Å². The summed E-state index contributed by atoms with van der Waals surface area (Å²) in [5.74, 6) is -0.398. The van der Waals surface area contributed by atoms with E-state index in [1.54, 1.807) is 24.3 Å². The Morgan fingerprint density at radius 1 is 1.27 bits per heavy atom. The minimum absolute atomic E-state index is 0. The van der Waals surface area contributed by atoms with Gasteiger partial charge in [0.15, 0.2) is 0 Å². The van der Waals surface area contributed by atoms with Gasteiger partial charge >= 0.3 is 12.0 Å². The Balaban J connectivity index is 0.00000242. The molecule has 0 aromatic heterocycles. The third kappa shape index (κ3) is 4.91. The molecule has 0 saturated heterocycles. The summed E-state index contributed by atoms with van der Waals surface area (Å²) < 4.78 is 4.95. The maximum Gasteiger partial charge on any atom is 0.337 e. The molecule has 6 nitrogen and oxygen atoms in total. The maximum atomic E-state index is 11.9. The standard InChI is InChI=1S/C14H16ClN3O3.ClH/c1-18(2)7-11-12(8-21-13(11)19)17-14(20)16-10-5-3-9(15)4-6-10;/h3-6H,7-8H2,1-2H3,(H2,16,17,20);1H. The van der Waals surface area contributed by atoms with Gasteiger partial charge in [-0.25, -0.2) is 9.59 Å². The highest BCUT2D eigenvalue weighted by molar-refractivity contribution is 6.30. The van der Waals surface area contributed by atoms with E-state index in [0.29, 0.717) is 28.5 Å². The van der Waals surface area contributed by atoms with Crippen LogP contribution in [0.4, 0.5) is 10.5 Å². The number of nitrogens with one attached hydrogen (secondary N) is 2. The molecule has 1 aliphatic rings. The molecule has 2 N–H and O–H groups in total. The number of nitrogens with zero attached hydrogens (tertiary/aromatic N) is 1. The molecule has 0 unspecified atom stereocenters. The highest BCUT2D eigenvalue weighted by Gasteiger charge is 2.26. The van der Waals surface area contributed by atoms with E-state index in [9.17, 15) is 9.59 Å². The van der Waals surface area contributed by atoms with Gasteiger partial charge in [0.1, 0.15) is 6.61 Å². The molecule has 1 heterocycles. The highest BCUT2D eigenvalue weighted by atomic mass is 35.5. The van der Waals surface area contributed by atoms with Crippen molar-refractivity contribution in [1.29, 1.82) is 0 Å². The summed E-state index contributed by atoms with van der Waals surface area (Å²) in [5.41, 5.74) is 1.56. The molecule has 0 bridgehead atoms. The van der Waals surface area contributed by atoms with Crippen LogP contribution in [0.1, 0.15) is 0 Å². The van der Waals surface area contributed by atoms with Gasteiger partial charge in [0.25, 0.3) is 0 Å². The number of rotatable bonds is 4. The Kier molecular flexibility index (Phi) is 6.67. The van der Waals surface area contributed by atoms with E-state index in [4.69, 9.17) is 16.3 Å². The number of likely N-dealkylation sites (N-methyl/N-ethyl adjacent to an activating group) is 1. The lowest BCUT2D eigenvalue weighted by atomic mass is 10.2. The Hall–Kier alpha value is -1.76. The smallest absolute Gasteiger partial charge is 0.337 e. The van der Waals surface area contributed by atoms with Crippen LogP contribution in [0.25, 0.3) is 0 Å². The zero-order valence-electron chi connectivity index (χ0n) is 12.2. The Bertz CT molecular complexity index is 586. The summed E-state index contributed by atoms with van der Waals surface area (Å²) in [4.78, 5) is 25.4. The highest BCUT2D eigenvalue weighted by Crippen LogP contribution is 2.16. The number of cyclic esters (lactones) is 1. The van der Waals surface area contributed by atoms with E-state index in [2.05, 4.69) is 10.6 Å². The number of anilines is 1. The van der Waals surface area contributed by atoms with E-state index in [1.807, 2.05) is 19.0 Å². The lowest BCUT2D eigenvalue weighted by Crippen LogP contribution is -2.30. The summed E-state index contributed by atoms with van der Waals surface area (Å²) in [6.07, 6.45) is 0. The zero-order valence-corrected chi connectivity index (χ0v) is 13.8. The van der Waals surface area contributed by atoms with Gasteiger partial charge in [-0.2, -0.15) is 0 Å². The molecule has 2 amide bonds. The van der Waals surface area contributed by atoms with Crippen molar-refractivity contribution in [2.75, 3.05) is 32.6 Å². The molecule has 120 valence electrons. The summed E-state index contributed by atoms with van der Waals surface area (Å²) >= 11 is 5.77. The van der Waals surface area contributed by atoms with E-state index in [0.717, 1.165) is 0 Å². The van der Waals surface area contributed by atoms with Crippen molar-refractivity contribution >= 4 is 41.7 Å². The van der Waals surface area contributed by atoms with Gasteiger partial charge < -0.3 is 20.3 Å². The van der Waals surface area contributed by atoms with Crippen LogP contribution in [0.2, 0.25) is 5.02 Å². The fourth-order valence-corrected chi connectivity index (χ4v) is 1.98. The number of benzene rings is 1. The molecular formula is C14H17Cl2N3O3. The first-order valence-electron chi connectivity index (χ1n) is 6.33. The van der Waals surface area contributed by atoms with Crippen LogP contribution in [0.5, 0.6) is 0 Å². The summed E-state index contributed by atoms with van der Waals surface area (Å²) in [6.45, 7) is 0.492. The van der Waals surface area contributed by atoms with Crippen molar-refractivity contribution in [2.45, 2.75) is 0 Å². The molecule has 0 fully saturated rings. The van der Waals surface area contributed by atoms with E-state index in [1.165, 1.54) is 0 Å². The number of halogens is 2. The minimum atomic E-state index is -0.429. The van der Waals surface area contributed by atoms with Crippen LogP contribution >= 0.6 is 24.0 Å². The molecular weight excluding hydrogens is 329 g/mol. The monoisotopic (exact) mass is 345 g/mol. The number of esters is 1. The molecule has 8 heteroatoms. The summed E-state index contributed by atoms with van der Waals surface area (Å²) in [5, 5.41) is 5.90. The predicted molar refractivity (Wildman–Crippen MR) is 87.4 cm³/mol. The molecule has 1 aromatic rings. The Morgan fingerprint density at radius 2 is 1.91 bits per heavy atom. The molecule has 0 saturated carbocycles. The van der Waals surface area contributed by atoms with Gasteiger partial charge in [-0.1, -0.05) is 11.6 Å². The lowest BCUT2D eigenvalue weighted by Gasteiger charge is -2.11. The van der Waals surface area contributed by atoms with Crippen molar-refractivity contribution in [2.24, 2.45) is 0 Å². The zero-order chi connectivity index (χ0) is 15.4. The molecule has 1 aliphatic heterocycles. The number of urea groups is 1. The lowest BCUT2D eigenvalue weighted by molar-refractivity contribution is -0.136. The normalized spacial score (nSPS) is 13.7. The van der Waals surface area contributed by atoms with Crippen LogP contribution in [0, 0.1) is 0 Å². The van der Waals surface area contributed by atoms with Crippen molar-refractivity contribution in [3.63, 3.8) is 0 Å². The number of ether oxygens (including phenoxy) is 1. The summed E-state index contributed by atoms with van der Waals surface area (Å²) in [7, 11) is 3.67. The molecule has 0 spiro atoms. The van der Waals surface area contributed by atoms with E-state index < -0.39 is 12.0 Å². The number of carbonyl (C=O) groups is 2. The van der Waals surface area contributed by atoms with Crippen molar-refractivity contribution in [3.8, 4) is 0 Å². The third-order valence-corrected chi connectivity index (χ3v) is 3.05. The molecule has 2 rings (SSSR count). The van der Waals surface area contributed by atoms with Gasteiger partial charge in [0, 0.05) is 17.3 Å². The minimum Gasteiger partial charge on any atom is -0.456 e. The van der Waals surface area contributed by atoms with Crippen LogP contribution in [0.3, 0.4) is 0 Å². The molecule has 0 aliphatic carbocycles. The fraction of sp³-hybridized carbons (Fsp3) is 0.286. The fourth-order valence-electron chi connectivity index (χ4n) is 1.86. The second-order valence-electron chi connectivity index (χ2n) is 4.86. The Morgan fingerprint density at radius 3 is 2.50 bits per heavy atom. The average Bonchev–Trinajstić information content (AvgIpc) is 2.73. The number of hydrogen-bond donors (Lipinski definition) is 2. The third-order valence-electron chi connectivity index (χ3n) is 2.80. The van der Waals surface area contributed by atoms with Crippen LogP contribution in [0.15, 0.2) is 35.5 Å². The van der Waals surface area contributed by atoms with Gasteiger partial charge in [0.2, 0.25) is 0 Å².